The maximum Gasteiger partial charge on any atom is 0.161 e. The first-order valence-corrected chi connectivity index (χ1v) is 19.9. The van der Waals surface area contributed by atoms with Gasteiger partial charge in [-0.1, -0.05) is 107 Å². The maximum atomic E-state index is 6.37. The average Bonchev–Trinajstić information content (AvgIpc) is 3.11. The van der Waals surface area contributed by atoms with Crippen LogP contribution in [0.3, 0.4) is 0 Å². The fourth-order valence-corrected chi connectivity index (χ4v) is 6.04. The van der Waals surface area contributed by atoms with Crippen LogP contribution in [0.5, 0.6) is 46.0 Å². The predicted octanol–water partition coefficient (Wildman–Crippen LogP) is 11.0. The van der Waals surface area contributed by atoms with Gasteiger partial charge in [0.1, 0.15) is 52.9 Å². The van der Waals surface area contributed by atoms with Gasteiger partial charge in [0.05, 0.1) is 0 Å². The minimum Gasteiger partial charge on any atom is -0.486 e. The first-order valence-electron chi connectivity index (χ1n) is 19.9. The van der Waals surface area contributed by atoms with Crippen molar-refractivity contribution in [1.82, 2.24) is 0 Å². The lowest BCUT2D eigenvalue weighted by Gasteiger charge is -2.23. The van der Waals surface area contributed by atoms with Gasteiger partial charge in [0.15, 0.2) is 46.0 Å². The average molecular weight is 769 g/mol. The largest absolute Gasteiger partial charge is 0.486 e. The molecule has 0 saturated heterocycles. The Labute approximate surface area is 335 Å². The molecule has 0 aliphatic carbocycles. The Morgan fingerprint density at radius 2 is 0.411 bits per heavy atom. The minimum atomic E-state index is -0.0729. The van der Waals surface area contributed by atoms with E-state index in [0.29, 0.717) is 98.9 Å². The van der Waals surface area contributed by atoms with Crippen molar-refractivity contribution in [3.05, 3.63) is 95.1 Å². The van der Waals surface area contributed by atoms with Gasteiger partial charge in [0.25, 0.3) is 0 Å². The Kier molecular flexibility index (Phi) is 13.3. The molecule has 0 saturated carbocycles. The molecule has 0 amide bonds. The Morgan fingerprint density at radius 1 is 0.250 bits per heavy atom. The van der Waals surface area contributed by atoms with E-state index in [4.69, 9.17) is 37.9 Å². The van der Waals surface area contributed by atoms with Crippen LogP contribution >= 0.6 is 0 Å². The van der Waals surface area contributed by atoms with Gasteiger partial charge in [-0.3, -0.25) is 0 Å². The molecule has 4 aromatic rings. The second-order valence-electron chi connectivity index (χ2n) is 18.4. The molecule has 304 valence electrons. The van der Waals surface area contributed by atoms with Gasteiger partial charge >= 0.3 is 0 Å². The molecule has 0 N–H and O–H groups in total. The molecule has 0 fully saturated rings. The lowest BCUT2D eigenvalue weighted by atomic mass is 9.87. The first-order chi connectivity index (χ1) is 26.3. The van der Waals surface area contributed by atoms with E-state index in [1.807, 2.05) is 24.3 Å². The van der Waals surface area contributed by atoms with Crippen LogP contribution in [0, 0.1) is 0 Å². The molecule has 0 unspecified atom stereocenters. The zero-order chi connectivity index (χ0) is 40.7. The highest BCUT2D eigenvalue weighted by Gasteiger charge is 2.22. The summed E-state index contributed by atoms with van der Waals surface area (Å²) < 4.78 is 50.5. The molecular formula is C48H64O8. The van der Waals surface area contributed by atoms with Crippen molar-refractivity contribution in [2.75, 3.05) is 52.9 Å². The third-order valence-corrected chi connectivity index (χ3v) is 9.63. The van der Waals surface area contributed by atoms with Crippen LogP contribution in [0.15, 0.2) is 72.8 Å². The summed E-state index contributed by atoms with van der Waals surface area (Å²) in [5, 5.41) is 0. The summed E-state index contributed by atoms with van der Waals surface area (Å²) in [6, 6.07) is 24.4. The van der Waals surface area contributed by atoms with E-state index in [1.165, 1.54) is 0 Å². The van der Waals surface area contributed by atoms with Crippen LogP contribution in [0.2, 0.25) is 0 Å². The van der Waals surface area contributed by atoms with Crippen molar-refractivity contribution < 1.29 is 37.9 Å². The summed E-state index contributed by atoms with van der Waals surface area (Å²) in [5.74, 6) is 5.18. The van der Waals surface area contributed by atoms with Gasteiger partial charge in [-0.25, -0.2) is 0 Å². The van der Waals surface area contributed by atoms with Gasteiger partial charge < -0.3 is 37.9 Å². The zero-order valence-corrected chi connectivity index (χ0v) is 35.9. The van der Waals surface area contributed by atoms with Crippen LogP contribution in [0.4, 0.5) is 0 Å². The molecule has 0 aromatic heterocycles. The van der Waals surface area contributed by atoms with Crippen molar-refractivity contribution in [1.29, 1.82) is 0 Å². The third kappa shape index (κ3) is 11.7. The van der Waals surface area contributed by atoms with E-state index >= 15 is 0 Å². The fraction of sp³-hybridized carbons (Fsp3) is 0.500. The summed E-state index contributed by atoms with van der Waals surface area (Å²) in [6.07, 6.45) is 0. The second kappa shape index (κ2) is 17.6. The van der Waals surface area contributed by atoms with E-state index in [2.05, 4.69) is 132 Å². The van der Waals surface area contributed by atoms with E-state index in [1.54, 1.807) is 0 Å². The molecule has 8 nitrogen and oxygen atoms in total. The topological polar surface area (TPSA) is 73.8 Å². The lowest BCUT2D eigenvalue weighted by molar-refractivity contribution is 0.171. The lowest BCUT2D eigenvalue weighted by Crippen LogP contribution is -2.17. The summed E-state index contributed by atoms with van der Waals surface area (Å²) in [6.45, 7) is 28.6. The number of hydrogen-bond acceptors (Lipinski definition) is 8. The van der Waals surface area contributed by atoms with Gasteiger partial charge in [0.2, 0.25) is 0 Å². The Morgan fingerprint density at radius 3 is 0.571 bits per heavy atom. The molecule has 0 spiro atoms. The van der Waals surface area contributed by atoms with Crippen molar-refractivity contribution >= 4 is 0 Å². The Hall–Kier alpha value is -4.72. The molecule has 0 radical (unpaired) electrons. The van der Waals surface area contributed by atoms with Crippen LogP contribution < -0.4 is 37.9 Å². The molecular weight excluding hydrogens is 705 g/mol. The molecule has 4 aromatic carbocycles. The van der Waals surface area contributed by atoms with Crippen LogP contribution in [0.1, 0.15) is 105 Å². The van der Waals surface area contributed by atoms with Gasteiger partial charge in [-0.15, -0.1) is 0 Å². The molecule has 1 aliphatic rings. The number of rotatable bonds is 0. The summed E-state index contributed by atoms with van der Waals surface area (Å²) in [7, 11) is 0. The molecule has 0 bridgehead atoms. The fourth-order valence-electron chi connectivity index (χ4n) is 6.04. The number of hydrogen-bond donors (Lipinski definition) is 0. The van der Waals surface area contributed by atoms with Crippen molar-refractivity contribution in [3.8, 4) is 46.0 Å². The van der Waals surface area contributed by atoms with Crippen molar-refractivity contribution in [2.45, 2.75) is 105 Å². The summed E-state index contributed by atoms with van der Waals surface area (Å²) in [4.78, 5) is 0. The van der Waals surface area contributed by atoms with E-state index in [9.17, 15) is 0 Å². The molecule has 8 heteroatoms. The smallest absolute Gasteiger partial charge is 0.161 e. The predicted molar refractivity (Wildman–Crippen MR) is 225 cm³/mol. The monoisotopic (exact) mass is 768 g/mol. The Balaban J connectivity index is 1.43. The number of fused-ring (bicyclic) bond motifs is 4. The Bertz CT molecular complexity index is 1760. The highest BCUT2D eigenvalue weighted by Crippen LogP contribution is 2.38. The van der Waals surface area contributed by atoms with Gasteiger partial charge in [0, 0.05) is 0 Å². The highest BCUT2D eigenvalue weighted by atomic mass is 16.6. The van der Waals surface area contributed by atoms with Gasteiger partial charge in [-0.2, -0.15) is 0 Å². The van der Waals surface area contributed by atoms with Crippen LogP contribution in [-0.4, -0.2) is 52.9 Å². The van der Waals surface area contributed by atoms with Crippen LogP contribution in [-0.2, 0) is 21.7 Å². The second-order valence-corrected chi connectivity index (χ2v) is 18.4. The molecule has 56 heavy (non-hydrogen) atoms. The summed E-state index contributed by atoms with van der Waals surface area (Å²) >= 11 is 0. The van der Waals surface area contributed by atoms with E-state index < -0.39 is 0 Å². The maximum absolute atomic E-state index is 6.37. The summed E-state index contributed by atoms with van der Waals surface area (Å²) in [5.41, 5.74) is 4.28. The van der Waals surface area contributed by atoms with Crippen molar-refractivity contribution in [3.63, 3.8) is 0 Å². The van der Waals surface area contributed by atoms with Crippen LogP contribution in [0.25, 0.3) is 0 Å². The molecule has 0 atom stereocenters. The molecule has 1 aliphatic heterocycles. The minimum absolute atomic E-state index is 0.0703. The van der Waals surface area contributed by atoms with E-state index in [-0.39, 0.29) is 21.7 Å². The first kappa shape index (κ1) is 42.4. The quantitative estimate of drug-likeness (QED) is 0.175. The standard InChI is InChI=1S/C48H64O8/c1-45(2,3)33-13-17-37-41(29-33)53-25-23-51-39-19-15-35(47(7,8)9)31-43(39)55-27-28-56-44-32-36(48(10,11)12)16-20-40(44)52-24-26-54-42-30-34(46(4,5)6)14-18-38(42)50-22-21-49-37/h13-20,29-32H,21-28H2,1-12H3. The molecule has 1 heterocycles. The SMILES string of the molecule is CC(C)(C)c1ccc2c(c1)OCCOc1ccc(C(C)(C)C)cc1OCCOc1cc(C(C)(C)C)ccc1OCCOc1cc(C(C)(C)C)ccc1OCCO2. The number of benzene rings is 4. The van der Waals surface area contributed by atoms with Gasteiger partial charge in [-0.05, 0) is 92.4 Å². The zero-order valence-electron chi connectivity index (χ0n) is 35.9. The third-order valence-electron chi connectivity index (χ3n) is 9.63. The molecule has 5 rings (SSSR count). The highest BCUT2D eigenvalue weighted by molar-refractivity contribution is 5.48. The van der Waals surface area contributed by atoms with Crippen molar-refractivity contribution in [2.24, 2.45) is 0 Å². The normalized spacial score (nSPS) is 15.4. The number of ether oxygens (including phenoxy) is 8. The van der Waals surface area contributed by atoms with E-state index in [0.717, 1.165) is 22.3 Å².